The first-order valence-corrected chi connectivity index (χ1v) is 5.34. The van der Waals surface area contributed by atoms with Gasteiger partial charge in [0, 0.05) is 0 Å². The van der Waals surface area contributed by atoms with Gasteiger partial charge in [0.15, 0.2) is 0 Å². The molecule has 0 heterocycles. The fourth-order valence-electron chi connectivity index (χ4n) is 1.21. The van der Waals surface area contributed by atoms with E-state index in [9.17, 15) is 9.18 Å². The van der Waals surface area contributed by atoms with E-state index in [1.54, 1.807) is 20.8 Å². The van der Waals surface area contributed by atoms with E-state index in [4.69, 9.17) is 14.8 Å². The van der Waals surface area contributed by atoms with Crippen LogP contribution in [0, 0.1) is 5.82 Å². The predicted molar refractivity (Wildman–Crippen MR) is 66.1 cm³/mol. The Labute approximate surface area is 105 Å². The molecule has 0 aliphatic heterocycles. The van der Waals surface area contributed by atoms with Crippen LogP contribution in [0.4, 0.5) is 14.9 Å². The summed E-state index contributed by atoms with van der Waals surface area (Å²) in [5.74, 6) is -0.690. The van der Waals surface area contributed by atoms with Crippen molar-refractivity contribution >= 4 is 24.4 Å². The van der Waals surface area contributed by atoms with E-state index >= 15 is 0 Å². The van der Waals surface area contributed by atoms with Crippen LogP contribution in [0.1, 0.15) is 20.8 Å². The number of rotatable bonds is 2. The predicted octanol–water partition coefficient (Wildman–Crippen LogP) is 0.853. The summed E-state index contributed by atoms with van der Waals surface area (Å²) in [5, 5.41) is 20.1. The zero-order valence-electron chi connectivity index (χ0n) is 10.4. The Morgan fingerprint density at radius 3 is 2.50 bits per heavy atom. The highest BCUT2D eigenvalue weighted by atomic mass is 19.1. The summed E-state index contributed by atoms with van der Waals surface area (Å²) in [7, 11) is -1.73. The Kier molecular flexibility index (Phi) is 4.31. The zero-order chi connectivity index (χ0) is 13.9. The second-order valence-electron chi connectivity index (χ2n) is 4.74. The summed E-state index contributed by atoms with van der Waals surface area (Å²) in [4.78, 5) is 11.4. The van der Waals surface area contributed by atoms with Crippen molar-refractivity contribution in [3.63, 3.8) is 0 Å². The van der Waals surface area contributed by atoms with Crippen molar-refractivity contribution in [2.45, 2.75) is 26.4 Å². The van der Waals surface area contributed by atoms with Crippen LogP contribution in [0.2, 0.25) is 0 Å². The summed E-state index contributed by atoms with van der Waals surface area (Å²) < 4.78 is 18.3. The molecule has 1 rings (SSSR count). The van der Waals surface area contributed by atoms with Gasteiger partial charge >= 0.3 is 13.2 Å². The van der Waals surface area contributed by atoms with Crippen LogP contribution < -0.4 is 10.8 Å². The quantitative estimate of drug-likeness (QED) is 0.684. The number of hydrogen-bond acceptors (Lipinski definition) is 4. The lowest BCUT2D eigenvalue weighted by Gasteiger charge is -2.20. The topological polar surface area (TPSA) is 78.8 Å². The van der Waals surface area contributed by atoms with Crippen LogP contribution in [0.5, 0.6) is 0 Å². The Balaban J connectivity index is 2.84. The molecular formula is C11H15BFNO4. The molecule has 0 unspecified atom stereocenters. The van der Waals surface area contributed by atoms with E-state index in [1.807, 2.05) is 0 Å². The molecule has 0 aliphatic rings. The molecule has 0 radical (unpaired) electrons. The van der Waals surface area contributed by atoms with Gasteiger partial charge in [-0.05, 0) is 38.4 Å². The summed E-state index contributed by atoms with van der Waals surface area (Å²) in [6, 6.07) is 3.37. The van der Waals surface area contributed by atoms with Gasteiger partial charge in [-0.25, -0.2) is 9.18 Å². The maximum atomic E-state index is 13.4. The van der Waals surface area contributed by atoms with Gasteiger partial charge in [0.2, 0.25) is 0 Å². The van der Waals surface area contributed by atoms with E-state index in [0.717, 1.165) is 12.1 Å². The number of benzene rings is 1. The van der Waals surface area contributed by atoms with Gasteiger partial charge in [-0.15, -0.1) is 0 Å². The fraction of sp³-hybridized carbons (Fsp3) is 0.364. The van der Waals surface area contributed by atoms with Crippen LogP contribution in [0.15, 0.2) is 18.2 Å². The van der Waals surface area contributed by atoms with Crippen molar-refractivity contribution in [1.29, 1.82) is 0 Å². The lowest BCUT2D eigenvalue weighted by atomic mass is 9.80. The number of amides is 1. The summed E-state index contributed by atoms with van der Waals surface area (Å²) >= 11 is 0. The smallest absolute Gasteiger partial charge is 0.444 e. The molecule has 0 bridgehead atoms. The molecule has 1 aromatic rings. The molecule has 3 N–H and O–H groups in total. The van der Waals surface area contributed by atoms with Gasteiger partial charge < -0.3 is 14.8 Å². The molecule has 5 nitrogen and oxygen atoms in total. The first kappa shape index (κ1) is 14.5. The highest BCUT2D eigenvalue weighted by Crippen LogP contribution is 2.14. The van der Waals surface area contributed by atoms with E-state index in [1.165, 1.54) is 6.07 Å². The van der Waals surface area contributed by atoms with Crippen LogP contribution in [-0.2, 0) is 4.74 Å². The minimum absolute atomic E-state index is 0.0717. The highest BCUT2D eigenvalue weighted by molar-refractivity contribution is 6.58. The van der Waals surface area contributed by atoms with Crippen molar-refractivity contribution in [3.8, 4) is 0 Å². The number of anilines is 1. The summed E-state index contributed by atoms with van der Waals surface area (Å²) in [6.45, 7) is 5.03. The Bertz CT molecular complexity index is 445. The SMILES string of the molecule is CC(C)(C)OC(=O)Nc1cc(B(O)O)ccc1F. The molecule has 0 aliphatic carbocycles. The van der Waals surface area contributed by atoms with E-state index < -0.39 is 24.6 Å². The third-order valence-electron chi connectivity index (χ3n) is 1.92. The standard InChI is InChI=1S/C11H15BFNO4/c1-11(2,3)18-10(15)14-9-6-7(12(16)17)4-5-8(9)13/h4-6,16-17H,1-3H3,(H,14,15). The molecule has 0 spiro atoms. The third kappa shape index (κ3) is 4.35. The van der Waals surface area contributed by atoms with Gasteiger partial charge in [-0.3, -0.25) is 5.32 Å². The number of halogens is 1. The molecule has 18 heavy (non-hydrogen) atoms. The lowest BCUT2D eigenvalue weighted by molar-refractivity contribution is 0.0635. The van der Waals surface area contributed by atoms with Crippen molar-refractivity contribution in [2.75, 3.05) is 5.32 Å². The average Bonchev–Trinajstić information content (AvgIpc) is 2.18. The Hall–Kier alpha value is -1.60. The van der Waals surface area contributed by atoms with Crippen LogP contribution in [0.3, 0.4) is 0 Å². The molecule has 0 fully saturated rings. The van der Waals surface area contributed by atoms with E-state index in [0.29, 0.717) is 0 Å². The highest BCUT2D eigenvalue weighted by Gasteiger charge is 2.19. The van der Waals surface area contributed by atoms with Gasteiger partial charge in [-0.2, -0.15) is 0 Å². The summed E-state index contributed by atoms with van der Waals surface area (Å²) in [5.41, 5.74) is -0.799. The van der Waals surface area contributed by atoms with Crippen LogP contribution in [0.25, 0.3) is 0 Å². The average molecular weight is 255 g/mol. The minimum atomic E-state index is -1.73. The molecular weight excluding hydrogens is 240 g/mol. The Morgan fingerprint density at radius 1 is 1.39 bits per heavy atom. The zero-order valence-corrected chi connectivity index (χ0v) is 10.4. The monoisotopic (exact) mass is 255 g/mol. The van der Waals surface area contributed by atoms with Gasteiger partial charge in [0.1, 0.15) is 11.4 Å². The minimum Gasteiger partial charge on any atom is -0.444 e. The van der Waals surface area contributed by atoms with Gasteiger partial charge in [-0.1, -0.05) is 6.07 Å². The maximum Gasteiger partial charge on any atom is 0.488 e. The number of ether oxygens (including phenoxy) is 1. The van der Waals surface area contributed by atoms with E-state index in [-0.39, 0.29) is 11.2 Å². The first-order valence-electron chi connectivity index (χ1n) is 5.34. The molecule has 1 amide bonds. The fourth-order valence-corrected chi connectivity index (χ4v) is 1.21. The van der Waals surface area contributed by atoms with Crippen molar-refractivity contribution in [2.24, 2.45) is 0 Å². The second kappa shape index (κ2) is 5.37. The first-order chi connectivity index (χ1) is 8.19. The number of hydrogen-bond donors (Lipinski definition) is 3. The maximum absolute atomic E-state index is 13.4. The normalized spacial score (nSPS) is 11.0. The van der Waals surface area contributed by atoms with Gasteiger partial charge in [0.25, 0.3) is 0 Å². The largest absolute Gasteiger partial charge is 0.488 e. The molecule has 0 atom stereocenters. The summed E-state index contributed by atoms with van der Waals surface area (Å²) in [6.07, 6.45) is -0.814. The van der Waals surface area contributed by atoms with Gasteiger partial charge in [0.05, 0.1) is 5.69 Å². The molecule has 98 valence electrons. The van der Waals surface area contributed by atoms with Crippen molar-refractivity contribution < 1.29 is 24.0 Å². The van der Waals surface area contributed by atoms with Crippen molar-refractivity contribution in [3.05, 3.63) is 24.0 Å². The molecule has 1 aromatic carbocycles. The number of nitrogens with one attached hydrogen (secondary N) is 1. The van der Waals surface area contributed by atoms with E-state index in [2.05, 4.69) is 5.32 Å². The Morgan fingerprint density at radius 2 is 2.00 bits per heavy atom. The molecule has 0 saturated heterocycles. The lowest BCUT2D eigenvalue weighted by Crippen LogP contribution is -2.31. The number of carbonyl (C=O) groups is 1. The molecule has 7 heteroatoms. The number of carbonyl (C=O) groups excluding carboxylic acids is 1. The molecule has 0 aromatic heterocycles. The molecule has 0 saturated carbocycles. The second-order valence-corrected chi connectivity index (χ2v) is 4.74. The van der Waals surface area contributed by atoms with Crippen LogP contribution >= 0.6 is 0 Å². The van der Waals surface area contributed by atoms with Crippen LogP contribution in [-0.4, -0.2) is 28.9 Å². The third-order valence-corrected chi connectivity index (χ3v) is 1.92. The van der Waals surface area contributed by atoms with Crippen molar-refractivity contribution in [1.82, 2.24) is 0 Å².